The van der Waals surface area contributed by atoms with E-state index in [1.54, 1.807) is 0 Å². The van der Waals surface area contributed by atoms with Crippen LogP contribution in [0.3, 0.4) is 0 Å². The fourth-order valence-corrected chi connectivity index (χ4v) is 2.10. The Morgan fingerprint density at radius 2 is 1.94 bits per heavy atom. The lowest BCUT2D eigenvalue weighted by Crippen LogP contribution is -2.34. The van der Waals surface area contributed by atoms with Gasteiger partial charge in [0.1, 0.15) is 4.99 Å². The van der Waals surface area contributed by atoms with Crippen molar-refractivity contribution in [1.29, 1.82) is 0 Å². The Bertz CT molecular complexity index is 429. The van der Waals surface area contributed by atoms with Gasteiger partial charge < -0.3 is 10.6 Å². The Morgan fingerprint density at radius 1 is 1.35 bits per heavy atom. The molecule has 0 aromatic carbocycles. The molecule has 1 heterocycles. The maximum Gasteiger partial charge on any atom is 0.162 e. The maximum absolute atomic E-state index is 5.81. The number of thiocarbonyl (C=S) groups is 1. The van der Waals surface area contributed by atoms with Crippen LogP contribution in [-0.4, -0.2) is 27.8 Å². The molecule has 0 atom stereocenters. The van der Waals surface area contributed by atoms with Crippen molar-refractivity contribution in [3.05, 3.63) is 16.8 Å². The molecule has 0 radical (unpaired) electrons. The van der Waals surface area contributed by atoms with Crippen LogP contribution in [0.1, 0.15) is 37.6 Å². The summed E-state index contributed by atoms with van der Waals surface area (Å²) in [6.45, 7) is 11.1. The Hall–Kier alpha value is -1.23. The van der Waals surface area contributed by atoms with Gasteiger partial charge in [-0.05, 0) is 40.2 Å². The molecule has 0 saturated heterocycles. The zero-order chi connectivity index (χ0) is 13.2. The van der Waals surface area contributed by atoms with Crippen molar-refractivity contribution in [2.24, 2.45) is 5.73 Å². The van der Waals surface area contributed by atoms with Crippen molar-refractivity contribution < 1.29 is 0 Å². The fraction of sp³-hybridized carbons (Fsp3) is 0.583. The second-order valence-electron chi connectivity index (χ2n) is 4.35. The molecule has 0 unspecified atom stereocenters. The molecule has 0 aliphatic rings. The highest BCUT2D eigenvalue weighted by atomic mass is 32.1. The lowest BCUT2D eigenvalue weighted by atomic mass is 10.1. The van der Waals surface area contributed by atoms with Crippen molar-refractivity contribution in [2.75, 3.05) is 11.4 Å². The molecule has 0 saturated carbocycles. The molecule has 0 aliphatic heterocycles. The first kappa shape index (κ1) is 13.8. The third-order valence-electron chi connectivity index (χ3n) is 2.92. The maximum atomic E-state index is 5.81. The van der Waals surface area contributed by atoms with Crippen LogP contribution < -0.4 is 10.6 Å². The van der Waals surface area contributed by atoms with Crippen LogP contribution >= 0.6 is 12.2 Å². The van der Waals surface area contributed by atoms with Gasteiger partial charge in [0.25, 0.3) is 0 Å². The smallest absolute Gasteiger partial charge is 0.162 e. The Kier molecular flexibility index (Phi) is 4.40. The SMILES string of the molecule is CCN(c1nnc(C)c(C)c1C(N)=S)C(C)C. The van der Waals surface area contributed by atoms with Crippen molar-refractivity contribution in [3.8, 4) is 0 Å². The highest BCUT2D eigenvalue weighted by molar-refractivity contribution is 7.80. The molecule has 0 fully saturated rings. The highest BCUT2D eigenvalue weighted by Gasteiger charge is 2.19. The first-order valence-electron chi connectivity index (χ1n) is 5.80. The van der Waals surface area contributed by atoms with Gasteiger partial charge in [-0.1, -0.05) is 12.2 Å². The number of rotatable bonds is 4. The van der Waals surface area contributed by atoms with Crippen LogP contribution in [0.25, 0.3) is 0 Å². The summed E-state index contributed by atoms with van der Waals surface area (Å²) in [5, 5.41) is 8.43. The summed E-state index contributed by atoms with van der Waals surface area (Å²) in [5.41, 5.74) is 8.55. The summed E-state index contributed by atoms with van der Waals surface area (Å²) in [6.07, 6.45) is 0. The van der Waals surface area contributed by atoms with Gasteiger partial charge in [-0.15, -0.1) is 5.10 Å². The first-order chi connectivity index (χ1) is 7.90. The van der Waals surface area contributed by atoms with Crippen molar-refractivity contribution in [3.63, 3.8) is 0 Å². The van der Waals surface area contributed by atoms with Gasteiger partial charge in [0.2, 0.25) is 0 Å². The molecule has 4 nitrogen and oxygen atoms in total. The molecule has 94 valence electrons. The van der Waals surface area contributed by atoms with E-state index >= 15 is 0 Å². The van der Waals surface area contributed by atoms with Crippen LogP contribution in [-0.2, 0) is 0 Å². The molecular formula is C12H20N4S. The third-order valence-corrected chi connectivity index (χ3v) is 3.12. The number of hydrogen-bond acceptors (Lipinski definition) is 4. The molecule has 0 bridgehead atoms. The summed E-state index contributed by atoms with van der Waals surface area (Å²) in [4.78, 5) is 2.53. The normalized spacial score (nSPS) is 10.7. The second-order valence-corrected chi connectivity index (χ2v) is 4.79. The van der Waals surface area contributed by atoms with Gasteiger partial charge in [-0.3, -0.25) is 0 Å². The minimum atomic E-state index is 0.338. The van der Waals surface area contributed by atoms with Crippen LogP contribution in [0.15, 0.2) is 0 Å². The van der Waals surface area contributed by atoms with E-state index in [-0.39, 0.29) is 0 Å². The van der Waals surface area contributed by atoms with Crippen LogP contribution in [0.5, 0.6) is 0 Å². The Morgan fingerprint density at radius 3 is 2.35 bits per heavy atom. The predicted molar refractivity (Wildman–Crippen MR) is 75.5 cm³/mol. The summed E-state index contributed by atoms with van der Waals surface area (Å²) < 4.78 is 0. The van der Waals surface area contributed by atoms with E-state index in [9.17, 15) is 0 Å². The molecule has 0 amide bonds. The molecule has 17 heavy (non-hydrogen) atoms. The topological polar surface area (TPSA) is 55.0 Å². The highest BCUT2D eigenvalue weighted by Crippen LogP contribution is 2.23. The molecule has 1 aromatic heterocycles. The van der Waals surface area contributed by atoms with Gasteiger partial charge >= 0.3 is 0 Å². The first-order valence-corrected chi connectivity index (χ1v) is 6.21. The number of hydrogen-bond donors (Lipinski definition) is 1. The van der Waals surface area contributed by atoms with Crippen molar-refractivity contribution >= 4 is 23.0 Å². The third kappa shape index (κ3) is 2.72. The molecule has 0 aliphatic carbocycles. The van der Waals surface area contributed by atoms with Crippen LogP contribution in [0.4, 0.5) is 5.82 Å². The van der Waals surface area contributed by atoms with E-state index in [4.69, 9.17) is 18.0 Å². The van der Waals surface area contributed by atoms with E-state index < -0.39 is 0 Å². The summed E-state index contributed by atoms with van der Waals surface area (Å²) in [7, 11) is 0. The lowest BCUT2D eigenvalue weighted by Gasteiger charge is -2.28. The standard InChI is InChI=1S/C12H20N4S/c1-6-16(7(2)3)12-10(11(13)17)8(4)9(5)14-15-12/h7H,6H2,1-5H3,(H2,13,17). The van der Waals surface area contributed by atoms with Gasteiger partial charge in [-0.25, -0.2) is 0 Å². The molecule has 5 heteroatoms. The second kappa shape index (κ2) is 5.40. The lowest BCUT2D eigenvalue weighted by molar-refractivity contribution is 0.683. The van der Waals surface area contributed by atoms with Gasteiger partial charge in [0.05, 0.1) is 11.3 Å². The summed E-state index contributed by atoms with van der Waals surface area (Å²) in [6, 6.07) is 0.338. The quantitative estimate of drug-likeness (QED) is 0.830. The largest absolute Gasteiger partial charge is 0.389 e. The van der Waals surface area contributed by atoms with E-state index in [1.165, 1.54) is 0 Å². The number of aryl methyl sites for hydroxylation is 1. The molecule has 1 aromatic rings. The molecule has 0 spiro atoms. The number of aromatic nitrogens is 2. The van der Waals surface area contributed by atoms with Gasteiger partial charge in [0, 0.05) is 12.6 Å². The van der Waals surface area contributed by atoms with E-state index in [2.05, 4.69) is 35.9 Å². The van der Waals surface area contributed by atoms with Crippen LogP contribution in [0, 0.1) is 13.8 Å². The molecular weight excluding hydrogens is 232 g/mol. The summed E-state index contributed by atoms with van der Waals surface area (Å²) >= 11 is 5.13. The zero-order valence-corrected chi connectivity index (χ0v) is 11.9. The predicted octanol–water partition coefficient (Wildman–Crippen LogP) is 1.96. The fourth-order valence-electron chi connectivity index (χ4n) is 1.85. The summed E-state index contributed by atoms with van der Waals surface area (Å²) in [5.74, 6) is 0.790. The Balaban J connectivity index is 3.42. The van der Waals surface area contributed by atoms with Crippen molar-refractivity contribution in [1.82, 2.24) is 10.2 Å². The zero-order valence-electron chi connectivity index (χ0n) is 11.1. The number of nitrogens with two attached hydrogens (primary N) is 1. The van der Waals surface area contributed by atoms with Crippen LogP contribution in [0.2, 0.25) is 0 Å². The van der Waals surface area contributed by atoms with E-state index in [1.807, 2.05) is 13.8 Å². The minimum absolute atomic E-state index is 0.338. The minimum Gasteiger partial charge on any atom is -0.389 e. The van der Waals surface area contributed by atoms with Crippen molar-refractivity contribution in [2.45, 2.75) is 40.7 Å². The molecule has 2 N–H and O–H groups in total. The van der Waals surface area contributed by atoms with Gasteiger partial charge in [-0.2, -0.15) is 5.10 Å². The van der Waals surface area contributed by atoms with E-state index in [0.29, 0.717) is 11.0 Å². The molecule has 1 rings (SSSR count). The average Bonchev–Trinajstić information content (AvgIpc) is 2.23. The number of nitrogens with zero attached hydrogens (tertiary/aromatic N) is 3. The van der Waals surface area contributed by atoms with E-state index in [0.717, 1.165) is 29.2 Å². The number of anilines is 1. The van der Waals surface area contributed by atoms with Gasteiger partial charge in [0.15, 0.2) is 5.82 Å². The monoisotopic (exact) mass is 252 g/mol. The average molecular weight is 252 g/mol. The Labute approximate surface area is 108 Å².